The highest BCUT2D eigenvalue weighted by atomic mass is 16.5. The Kier molecular flexibility index (Phi) is 3.88. The van der Waals surface area contributed by atoms with Crippen LogP contribution in [0.2, 0.25) is 0 Å². The molecule has 0 bridgehead atoms. The average Bonchev–Trinajstić information content (AvgIpc) is 2.56. The lowest BCUT2D eigenvalue weighted by atomic mass is 10.0. The molecule has 1 aliphatic rings. The van der Waals surface area contributed by atoms with Crippen LogP contribution in [0.4, 0.5) is 5.69 Å². The third kappa shape index (κ3) is 3.06. The summed E-state index contributed by atoms with van der Waals surface area (Å²) < 4.78 is 5.35. The maximum atomic E-state index is 11.0. The lowest BCUT2D eigenvalue weighted by Crippen LogP contribution is -2.36. The molecular weight excluding hydrogens is 266 g/mol. The standard InChI is InChI=1S/C17H17NO3/c19-17(20)15-3-1-2-14(12-15)13-4-6-16(7-5-13)18-8-10-21-11-9-18/h1-7,12H,8-11H2,(H,19,20). The Labute approximate surface area is 123 Å². The van der Waals surface area contributed by atoms with Gasteiger partial charge in [0.1, 0.15) is 0 Å². The number of rotatable bonds is 3. The van der Waals surface area contributed by atoms with E-state index in [2.05, 4.69) is 17.0 Å². The van der Waals surface area contributed by atoms with Gasteiger partial charge in [0.25, 0.3) is 0 Å². The van der Waals surface area contributed by atoms with E-state index in [0.29, 0.717) is 5.56 Å². The van der Waals surface area contributed by atoms with E-state index in [0.717, 1.165) is 37.4 Å². The van der Waals surface area contributed by atoms with Gasteiger partial charge in [-0.25, -0.2) is 4.79 Å². The molecule has 0 amide bonds. The van der Waals surface area contributed by atoms with Crippen LogP contribution in [0.3, 0.4) is 0 Å². The molecule has 21 heavy (non-hydrogen) atoms. The van der Waals surface area contributed by atoms with Gasteiger partial charge in [0.15, 0.2) is 0 Å². The number of hydrogen-bond donors (Lipinski definition) is 1. The number of hydrogen-bond acceptors (Lipinski definition) is 3. The number of ether oxygens (including phenoxy) is 1. The lowest BCUT2D eigenvalue weighted by Gasteiger charge is -2.28. The first kappa shape index (κ1) is 13.6. The van der Waals surface area contributed by atoms with Crippen LogP contribution in [0.15, 0.2) is 48.5 Å². The van der Waals surface area contributed by atoms with Gasteiger partial charge in [0, 0.05) is 18.8 Å². The molecule has 0 radical (unpaired) electrons. The monoisotopic (exact) mass is 283 g/mol. The number of carbonyl (C=O) groups is 1. The molecule has 3 rings (SSSR count). The highest BCUT2D eigenvalue weighted by Gasteiger charge is 2.11. The Morgan fingerprint density at radius 2 is 1.71 bits per heavy atom. The summed E-state index contributed by atoms with van der Waals surface area (Å²) in [6, 6.07) is 15.2. The van der Waals surface area contributed by atoms with Gasteiger partial charge < -0.3 is 14.7 Å². The molecule has 0 aromatic heterocycles. The van der Waals surface area contributed by atoms with Crippen molar-refractivity contribution in [3.63, 3.8) is 0 Å². The van der Waals surface area contributed by atoms with Gasteiger partial charge in [-0.2, -0.15) is 0 Å². The molecule has 108 valence electrons. The Morgan fingerprint density at radius 1 is 1.00 bits per heavy atom. The fraction of sp³-hybridized carbons (Fsp3) is 0.235. The van der Waals surface area contributed by atoms with E-state index >= 15 is 0 Å². The highest BCUT2D eigenvalue weighted by Crippen LogP contribution is 2.24. The second-order valence-electron chi connectivity index (χ2n) is 5.03. The fourth-order valence-corrected chi connectivity index (χ4v) is 2.52. The van der Waals surface area contributed by atoms with Crippen molar-refractivity contribution in [1.82, 2.24) is 0 Å². The van der Waals surface area contributed by atoms with Crippen LogP contribution in [0.25, 0.3) is 11.1 Å². The number of nitrogens with zero attached hydrogens (tertiary/aromatic N) is 1. The Morgan fingerprint density at radius 3 is 2.38 bits per heavy atom. The third-order valence-electron chi connectivity index (χ3n) is 3.69. The van der Waals surface area contributed by atoms with Gasteiger partial charge >= 0.3 is 5.97 Å². The Balaban J connectivity index is 1.83. The van der Waals surface area contributed by atoms with Crippen LogP contribution in [0.1, 0.15) is 10.4 Å². The zero-order chi connectivity index (χ0) is 14.7. The van der Waals surface area contributed by atoms with Crippen molar-refractivity contribution in [1.29, 1.82) is 0 Å². The van der Waals surface area contributed by atoms with Gasteiger partial charge in [-0.1, -0.05) is 24.3 Å². The molecule has 2 aromatic rings. The van der Waals surface area contributed by atoms with Crippen LogP contribution >= 0.6 is 0 Å². The highest BCUT2D eigenvalue weighted by molar-refractivity contribution is 5.89. The van der Waals surface area contributed by atoms with E-state index in [9.17, 15) is 4.79 Å². The van der Waals surface area contributed by atoms with Crippen molar-refractivity contribution in [3.8, 4) is 11.1 Å². The minimum Gasteiger partial charge on any atom is -0.478 e. The van der Waals surface area contributed by atoms with Crippen LogP contribution < -0.4 is 4.90 Å². The zero-order valence-corrected chi connectivity index (χ0v) is 11.7. The summed E-state index contributed by atoms with van der Waals surface area (Å²) in [6.45, 7) is 3.35. The summed E-state index contributed by atoms with van der Waals surface area (Å²) in [7, 11) is 0. The van der Waals surface area contributed by atoms with Crippen LogP contribution in [0, 0.1) is 0 Å². The molecule has 1 N–H and O–H groups in total. The molecule has 1 aliphatic heterocycles. The zero-order valence-electron chi connectivity index (χ0n) is 11.7. The molecule has 2 aromatic carbocycles. The topological polar surface area (TPSA) is 49.8 Å². The van der Waals surface area contributed by atoms with E-state index < -0.39 is 5.97 Å². The van der Waals surface area contributed by atoms with Crippen molar-refractivity contribution >= 4 is 11.7 Å². The number of aromatic carboxylic acids is 1. The van der Waals surface area contributed by atoms with Crippen molar-refractivity contribution in [3.05, 3.63) is 54.1 Å². The predicted octanol–water partition coefficient (Wildman–Crippen LogP) is 2.89. The minimum atomic E-state index is -0.901. The first-order valence-corrected chi connectivity index (χ1v) is 7.00. The predicted molar refractivity (Wildman–Crippen MR) is 81.9 cm³/mol. The van der Waals surface area contributed by atoms with Crippen molar-refractivity contribution < 1.29 is 14.6 Å². The molecular formula is C17H17NO3. The SMILES string of the molecule is O=C(O)c1cccc(-c2ccc(N3CCOCC3)cc2)c1. The molecule has 0 saturated carbocycles. The van der Waals surface area contributed by atoms with Gasteiger partial charge in [-0.15, -0.1) is 0 Å². The smallest absolute Gasteiger partial charge is 0.335 e. The van der Waals surface area contributed by atoms with E-state index in [1.165, 1.54) is 5.69 Å². The number of benzene rings is 2. The second-order valence-corrected chi connectivity index (χ2v) is 5.03. The largest absolute Gasteiger partial charge is 0.478 e. The van der Waals surface area contributed by atoms with Gasteiger partial charge in [0.05, 0.1) is 18.8 Å². The Hall–Kier alpha value is -2.33. The van der Waals surface area contributed by atoms with Gasteiger partial charge in [0.2, 0.25) is 0 Å². The molecule has 1 heterocycles. The van der Waals surface area contributed by atoms with E-state index in [4.69, 9.17) is 9.84 Å². The summed E-state index contributed by atoms with van der Waals surface area (Å²) in [4.78, 5) is 13.3. The van der Waals surface area contributed by atoms with E-state index in [1.807, 2.05) is 18.2 Å². The maximum absolute atomic E-state index is 11.0. The molecule has 0 atom stereocenters. The summed E-state index contributed by atoms with van der Waals surface area (Å²) >= 11 is 0. The summed E-state index contributed by atoms with van der Waals surface area (Å²) in [5.74, 6) is -0.901. The first-order valence-electron chi connectivity index (χ1n) is 7.00. The molecule has 4 heteroatoms. The van der Waals surface area contributed by atoms with Crippen LogP contribution in [-0.4, -0.2) is 37.4 Å². The summed E-state index contributed by atoms with van der Waals surface area (Å²) in [6.07, 6.45) is 0. The number of morpholine rings is 1. The summed E-state index contributed by atoms with van der Waals surface area (Å²) in [5, 5.41) is 9.05. The molecule has 1 fully saturated rings. The van der Waals surface area contributed by atoms with Crippen molar-refractivity contribution in [2.24, 2.45) is 0 Å². The van der Waals surface area contributed by atoms with Crippen molar-refractivity contribution in [2.75, 3.05) is 31.2 Å². The first-order chi connectivity index (χ1) is 10.2. The average molecular weight is 283 g/mol. The van der Waals surface area contributed by atoms with Crippen LogP contribution in [-0.2, 0) is 4.74 Å². The lowest BCUT2D eigenvalue weighted by molar-refractivity contribution is 0.0697. The van der Waals surface area contributed by atoms with Gasteiger partial charge in [-0.05, 0) is 35.4 Å². The van der Waals surface area contributed by atoms with Crippen molar-refractivity contribution in [2.45, 2.75) is 0 Å². The van der Waals surface area contributed by atoms with Crippen LogP contribution in [0.5, 0.6) is 0 Å². The second kappa shape index (κ2) is 5.97. The normalized spacial score (nSPS) is 15.0. The number of anilines is 1. The van der Waals surface area contributed by atoms with E-state index in [-0.39, 0.29) is 0 Å². The summed E-state index contributed by atoms with van der Waals surface area (Å²) in [5.41, 5.74) is 3.43. The quantitative estimate of drug-likeness (QED) is 0.941. The van der Waals surface area contributed by atoms with Gasteiger partial charge in [-0.3, -0.25) is 0 Å². The maximum Gasteiger partial charge on any atom is 0.335 e. The van der Waals surface area contributed by atoms with E-state index in [1.54, 1.807) is 18.2 Å². The molecule has 1 saturated heterocycles. The number of carboxylic acid groups (broad SMARTS) is 1. The molecule has 4 nitrogen and oxygen atoms in total. The third-order valence-corrected chi connectivity index (χ3v) is 3.69. The minimum absolute atomic E-state index is 0.310. The molecule has 0 unspecified atom stereocenters. The number of carboxylic acids is 1. The fourth-order valence-electron chi connectivity index (χ4n) is 2.52. The Bertz CT molecular complexity index is 631. The molecule has 0 spiro atoms. The molecule has 0 aliphatic carbocycles.